The van der Waals surface area contributed by atoms with Gasteiger partial charge in [0.2, 0.25) is 0 Å². The summed E-state index contributed by atoms with van der Waals surface area (Å²) in [4.78, 5) is 126. The van der Waals surface area contributed by atoms with Crippen LogP contribution in [0.15, 0.2) is 56.6 Å². The smallest absolute Gasteiger partial charge is 0.330 e. The Hall–Kier alpha value is -6.20. The molecule has 0 aliphatic rings. The van der Waals surface area contributed by atoms with Crippen molar-refractivity contribution in [3.05, 3.63) is 78.9 Å². The first-order valence-corrected chi connectivity index (χ1v) is 19.1. The summed E-state index contributed by atoms with van der Waals surface area (Å²) in [6.07, 6.45) is 1.36. The molecular weight excluding hydrogens is 776 g/mol. The van der Waals surface area contributed by atoms with Crippen molar-refractivity contribution in [1.82, 2.24) is 9.13 Å². The van der Waals surface area contributed by atoms with Crippen LogP contribution in [0.3, 0.4) is 0 Å². The van der Waals surface area contributed by atoms with Crippen molar-refractivity contribution >= 4 is 57.4 Å². The third kappa shape index (κ3) is 13.7. The van der Waals surface area contributed by atoms with E-state index >= 15 is 0 Å². The number of aromatic nitrogens is 2. The molecule has 0 aliphatic heterocycles. The molecule has 2 heterocycles. The molecule has 2 unspecified atom stereocenters. The van der Waals surface area contributed by atoms with Crippen LogP contribution in [-0.4, -0.2) is 84.6 Å². The second kappa shape index (κ2) is 22.7. The number of fused-ring (bicyclic) bond motifs is 2. The lowest BCUT2D eigenvalue weighted by Crippen LogP contribution is -2.34. The predicted molar refractivity (Wildman–Crippen MR) is 211 cm³/mol. The summed E-state index contributed by atoms with van der Waals surface area (Å²) in [7, 11) is 0. The SMILES string of the molecule is C=CC(=O)OCCCOC(=O)CCC(=O)OCC(CC(C)C)n1c(=O)c2cc3c(=O)n(C(COC(=O)CCC(=O)OCCOC(=O)C=C)CC(C)C)c(=O)c3cc2c1=O. The second-order valence-electron chi connectivity index (χ2n) is 14.4. The summed E-state index contributed by atoms with van der Waals surface area (Å²) in [6.45, 7) is 12.7. The molecule has 0 aliphatic carbocycles. The second-order valence-corrected chi connectivity index (χ2v) is 14.4. The Labute approximate surface area is 338 Å². The van der Waals surface area contributed by atoms with Gasteiger partial charge in [0.25, 0.3) is 22.2 Å². The van der Waals surface area contributed by atoms with Gasteiger partial charge in [0.05, 0.1) is 72.5 Å². The highest BCUT2D eigenvalue weighted by molar-refractivity contribution is 5.98. The zero-order valence-electron chi connectivity index (χ0n) is 33.7. The average Bonchev–Trinajstić information content (AvgIpc) is 3.59. The van der Waals surface area contributed by atoms with Crippen LogP contribution < -0.4 is 22.2 Å². The molecule has 18 heteroatoms. The van der Waals surface area contributed by atoms with Crippen LogP contribution in [0, 0.1) is 11.8 Å². The van der Waals surface area contributed by atoms with Crippen LogP contribution in [-0.2, 0) is 57.2 Å². The molecule has 1 aromatic carbocycles. The van der Waals surface area contributed by atoms with Gasteiger partial charge >= 0.3 is 35.8 Å². The van der Waals surface area contributed by atoms with E-state index in [9.17, 15) is 47.9 Å². The summed E-state index contributed by atoms with van der Waals surface area (Å²) >= 11 is 0. The van der Waals surface area contributed by atoms with E-state index in [1.54, 1.807) is 0 Å². The fraction of sp³-hybridized carbons (Fsp3) is 0.512. The largest absolute Gasteiger partial charge is 0.466 e. The first kappa shape index (κ1) is 47.2. The van der Waals surface area contributed by atoms with Crippen LogP contribution in [0.1, 0.15) is 84.7 Å². The highest BCUT2D eigenvalue weighted by Gasteiger charge is 2.28. The average molecular weight is 827 g/mol. The monoisotopic (exact) mass is 826 g/mol. The van der Waals surface area contributed by atoms with Gasteiger partial charge in [0, 0.05) is 18.6 Å². The molecule has 320 valence electrons. The number of nitrogens with zero attached hydrogens (tertiary/aromatic N) is 2. The molecule has 0 saturated heterocycles. The number of hydrogen-bond donors (Lipinski definition) is 0. The predicted octanol–water partition coefficient (Wildman–Crippen LogP) is 2.67. The first-order chi connectivity index (χ1) is 28.0. The Morgan fingerprint density at radius 1 is 0.508 bits per heavy atom. The lowest BCUT2D eigenvalue weighted by atomic mass is 10.0. The van der Waals surface area contributed by atoms with Crippen LogP contribution >= 0.6 is 0 Å². The number of ether oxygens (including phenoxy) is 6. The van der Waals surface area contributed by atoms with Gasteiger partial charge in [-0.05, 0) is 36.8 Å². The molecule has 3 rings (SSSR count). The van der Waals surface area contributed by atoms with E-state index in [1.165, 1.54) is 12.1 Å². The summed E-state index contributed by atoms with van der Waals surface area (Å²) in [5, 5.41) is -0.461. The minimum Gasteiger partial charge on any atom is -0.466 e. The number of carbonyl (C=O) groups is 6. The normalized spacial score (nSPS) is 12.2. The maximum atomic E-state index is 13.8. The minimum atomic E-state index is -0.920. The molecule has 59 heavy (non-hydrogen) atoms. The molecule has 0 bridgehead atoms. The molecule has 2 atom stereocenters. The van der Waals surface area contributed by atoms with Crippen molar-refractivity contribution in [1.29, 1.82) is 0 Å². The van der Waals surface area contributed by atoms with Gasteiger partial charge < -0.3 is 28.4 Å². The minimum absolute atomic E-state index is 0.0203. The van der Waals surface area contributed by atoms with Crippen molar-refractivity contribution in [2.75, 3.05) is 39.6 Å². The topological polar surface area (TPSA) is 236 Å². The Balaban J connectivity index is 1.74. The number of rotatable bonds is 25. The molecule has 0 saturated carbocycles. The van der Waals surface area contributed by atoms with Crippen molar-refractivity contribution < 1.29 is 57.2 Å². The van der Waals surface area contributed by atoms with Crippen LogP contribution in [0.2, 0.25) is 0 Å². The van der Waals surface area contributed by atoms with Crippen molar-refractivity contribution in [2.24, 2.45) is 11.8 Å². The molecule has 0 amide bonds. The zero-order chi connectivity index (χ0) is 43.8. The van der Waals surface area contributed by atoms with Gasteiger partial charge in [0.15, 0.2) is 0 Å². The Morgan fingerprint density at radius 3 is 1.17 bits per heavy atom. The summed E-state index contributed by atoms with van der Waals surface area (Å²) in [6, 6.07) is 0.557. The van der Waals surface area contributed by atoms with Crippen molar-refractivity contribution in [2.45, 2.75) is 84.7 Å². The first-order valence-electron chi connectivity index (χ1n) is 19.1. The molecule has 0 spiro atoms. The maximum absolute atomic E-state index is 13.8. The highest BCUT2D eigenvalue weighted by atomic mass is 16.6. The standard InChI is InChI=1S/C41H50N2O16/c1-7-32(44)54-14-9-15-55-34(46)10-12-36(48)58-22-26(18-24(3)4)42-38(50)28-20-30-31(21-29(28)39(42)51)41(53)43(40(30)52)27(19-25(5)6)23-59-37(49)13-11-35(47)57-17-16-56-33(45)8-2/h7-8,20-21,24-27H,1-2,9-19,22-23H2,3-6H3. The number of hydrogen-bond acceptors (Lipinski definition) is 16. The molecule has 18 nitrogen and oxygen atoms in total. The quantitative estimate of drug-likeness (QED) is 0.0517. The van der Waals surface area contributed by atoms with E-state index in [1.807, 2.05) is 27.7 Å². The van der Waals surface area contributed by atoms with Gasteiger partial charge in [-0.1, -0.05) is 40.9 Å². The molecule has 3 aromatic rings. The van der Waals surface area contributed by atoms with E-state index in [-0.39, 0.29) is 118 Å². The van der Waals surface area contributed by atoms with Crippen molar-refractivity contribution in [3.8, 4) is 0 Å². The van der Waals surface area contributed by atoms with Crippen LogP contribution in [0.25, 0.3) is 21.5 Å². The Morgan fingerprint density at radius 2 is 0.814 bits per heavy atom. The summed E-state index contributed by atoms with van der Waals surface area (Å²) in [5.74, 6) is -4.40. The van der Waals surface area contributed by atoms with Gasteiger partial charge in [-0.25, -0.2) is 9.59 Å². The van der Waals surface area contributed by atoms with Gasteiger partial charge in [-0.2, -0.15) is 0 Å². The number of esters is 6. The fourth-order valence-electron chi connectivity index (χ4n) is 6.17. The van der Waals surface area contributed by atoms with Gasteiger partial charge in [0.1, 0.15) is 26.4 Å². The van der Waals surface area contributed by atoms with E-state index < -0.39 is 70.1 Å². The lowest BCUT2D eigenvalue weighted by molar-refractivity contribution is -0.153. The third-order valence-corrected chi connectivity index (χ3v) is 8.83. The van der Waals surface area contributed by atoms with Crippen molar-refractivity contribution in [3.63, 3.8) is 0 Å². The number of benzene rings is 1. The fourth-order valence-corrected chi connectivity index (χ4v) is 6.17. The van der Waals surface area contributed by atoms with E-state index in [0.29, 0.717) is 0 Å². The summed E-state index contributed by atoms with van der Waals surface area (Å²) < 4.78 is 32.0. The highest BCUT2D eigenvalue weighted by Crippen LogP contribution is 2.22. The van der Waals surface area contributed by atoms with E-state index in [0.717, 1.165) is 21.3 Å². The molecule has 0 fully saturated rings. The Bertz CT molecular complexity index is 2160. The van der Waals surface area contributed by atoms with Gasteiger partial charge in [-0.3, -0.25) is 47.5 Å². The zero-order valence-corrected chi connectivity index (χ0v) is 33.7. The van der Waals surface area contributed by atoms with E-state index in [2.05, 4.69) is 13.2 Å². The molecule has 0 N–H and O–H groups in total. The number of carbonyl (C=O) groups excluding carboxylic acids is 6. The summed E-state index contributed by atoms with van der Waals surface area (Å²) in [5.41, 5.74) is -3.01. The van der Waals surface area contributed by atoms with Crippen LogP contribution in [0.4, 0.5) is 0 Å². The molecular formula is C41H50N2O16. The Kier molecular flexibility index (Phi) is 18.1. The molecule has 0 radical (unpaired) electrons. The van der Waals surface area contributed by atoms with Gasteiger partial charge in [-0.15, -0.1) is 0 Å². The lowest BCUT2D eigenvalue weighted by Gasteiger charge is -2.19. The molecule has 2 aromatic heterocycles. The van der Waals surface area contributed by atoms with E-state index in [4.69, 9.17) is 28.4 Å². The van der Waals surface area contributed by atoms with Crippen LogP contribution in [0.5, 0.6) is 0 Å². The third-order valence-electron chi connectivity index (χ3n) is 8.83. The maximum Gasteiger partial charge on any atom is 0.330 e.